The van der Waals surface area contributed by atoms with E-state index in [0.717, 1.165) is 22.4 Å². The Morgan fingerprint density at radius 2 is 1.10 bits per heavy atom. The molecular weight excluding hydrogens is 472 g/mol. The number of hydrogen-bond donors (Lipinski definition) is 0. The number of anilines is 3. The molecule has 0 fully saturated rings. The van der Waals surface area contributed by atoms with Gasteiger partial charge in [-0.15, -0.1) is 0 Å². The van der Waals surface area contributed by atoms with Crippen LogP contribution in [-0.2, 0) is 0 Å². The Morgan fingerprint density at radius 3 is 1.92 bits per heavy atom. The molecule has 39 heavy (non-hydrogen) atoms. The molecule has 0 unspecified atom stereocenters. The van der Waals surface area contributed by atoms with E-state index in [1.165, 1.54) is 49.5 Å². The zero-order chi connectivity index (χ0) is 25.8. The van der Waals surface area contributed by atoms with E-state index in [4.69, 9.17) is 0 Å². The van der Waals surface area contributed by atoms with Crippen LogP contribution in [0.4, 0.5) is 17.1 Å². The van der Waals surface area contributed by atoms with Gasteiger partial charge in [-0.3, -0.25) is 4.98 Å². The lowest BCUT2D eigenvalue weighted by Gasteiger charge is -2.26. The number of hydrogen-bond acceptors (Lipinski definition) is 2. The molecular formula is C37H24N2. The van der Waals surface area contributed by atoms with Gasteiger partial charge in [0, 0.05) is 34.8 Å². The fourth-order valence-electron chi connectivity index (χ4n) is 6.08. The summed E-state index contributed by atoms with van der Waals surface area (Å²) in [5, 5.41) is 4.97. The highest BCUT2D eigenvalue weighted by Gasteiger charge is 2.22. The lowest BCUT2D eigenvalue weighted by Crippen LogP contribution is -2.09. The van der Waals surface area contributed by atoms with Crippen LogP contribution in [0, 0.1) is 0 Å². The van der Waals surface area contributed by atoms with Crippen molar-refractivity contribution in [2.75, 3.05) is 4.90 Å². The summed E-state index contributed by atoms with van der Waals surface area (Å²) in [4.78, 5) is 6.59. The topological polar surface area (TPSA) is 16.1 Å². The highest BCUT2D eigenvalue weighted by Crippen LogP contribution is 2.49. The fraction of sp³-hybridized carbons (Fsp3) is 0. The molecule has 1 aliphatic carbocycles. The maximum Gasteiger partial charge on any atom is 0.0468 e. The maximum absolute atomic E-state index is 4.28. The molecule has 0 aliphatic heterocycles. The second-order valence-electron chi connectivity index (χ2n) is 10.1. The van der Waals surface area contributed by atoms with Crippen LogP contribution in [0.3, 0.4) is 0 Å². The number of rotatable bonds is 4. The standard InChI is InChI=1S/C37H24N2/c1-2-7-28(8-3-1)39(30-18-15-27-24-38-22-21-26(27)23-30)29-16-13-25(14-17-29)31-19-20-36-33-10-5-4-9-32(33)35-12-6-11-34(31)37(35)36/h1-24H. The number of pyridine rings is 1. The summed E-state index contributed by atoms with van der Waals surface area (Å²) in [6, 6.07) is 48.2. The summed E-state index contributed by atoms with van der Waals surface area (Å²) < 4.78 is 0. The predicted molar refractivity (Wildman–Crippen MR) is 164 cm³/mol. The molecule has 0 atom stereocenters. The summed E-state index contributed by atoms with van der Waals surface area (Å²) in [7, 11) is 0. The number of para-hydroxylation sites is 1. The average molecular weight is 497 g/mol. The first kappa shape index (κ1) is 21.8. The molecule has 0 amide bonds. The van der Waals surface area contributed by atoms with Crippen LogP contribution in [0.15, 0.2) is 146 Å². The third-order valence-electron chi connectivity index (χ3n) is 7.88. The smallest absolute Gasteiger partial charge is 0.0468 e. The van der Waals surface area contributed by atoms with Crippen molar-refractivity contribution in [1.29, 1.82) is 0 Å². The van der Waals surface area contributed by atoms with Gasteiger partial charge in [-0.05, 0) is 92.0 Å². The second-order valence-corrected chi connectivity index (χ2v) is 10.1. The molecule has 1 heterocycles. The lowest BCUT2D eigenvalue weighted by molar-refractivity contribution is 1.29. The van der Waals surface area contributed by atoms with Crippen LogP contribution in [0.1, 0.15) is 0 Å². The number of aromatic nitrogens is 1. The zero-order valence-electron chi connectivity index (χ0n) is 21.3. The minimum absolute atomic E-state index is 1.12. The number of nitrogens with zero attached hydrogens (tertiary/aromatic N) is 2. The highest BCUT2D eigenvalue weighted by molar-refractivity contribution is 6.18. The Hall–Kier alpha value is -5.21. The first-order chi connectivity index (χ1) is 19.3. The van der Waals surface area contributed by atoms with Crippen LogP contribution in [0.2, 0.25) is 0 Å². The summed E-state index contributed by atoms with van der Waals surface area (Å²) in [6.45, 7) is 0. The molecule has 182 valence electrons. The van der Waals surface area contributed by atoms with Gasteiger partial charge in [0.2, 0.25) is 0 Å². The minimum atomic E-state index is 1.12. The van der Waals surface area contributed by atoms with Crippen molar-refractivity contribution in [3.8, 4) is 33.4 Å². The lowest BCUT2D eigenvalue weighted by atomic mass is 9.94. The largest absolute Gasteiger partial charge is 0.310 e. The fourth-order valence-corrected chi connectivity index (χ4v) is 6.08. The van der Waals surface area contributed by atoms with Gasteiger partial charge in [0.1, 0.15) is 0 Å². The van der Waals surface area contributed by atoms with Crippen molar-refractivity contribution >= 4 is 38.6 Å². The van der Waals surface area contributed by atoms with E-state index in [1.54, 1.807) is 0 Å². The van der Waals surface area contributed by atoms with Crippen LogP contribution < -0.4 is 4.90 Å². The normalized spacial score (nSPS) is 11.6. The first-order valence-electron chi connectivity index (χ1n) is 13.3. The Balaban J connectivity index is 1.24. The average Bonchev–Trinajstić information content (AvgIpc) is 3.34. The predicted octanol–water partition coefficient (Wildman–Crippen LogP) is 10.2. The molecule has 2 nitrogen and oxygen atoms in total. The third-order valence-corrected chi connectivity index (χ3v) is 7.88. The minimum Gasteiger partial charge on any atom is -0.310 e. The van der Waals surface area contributed by atoms with Gasteiger partial charge in [0.15, 0.2) is 0 Å². The van der Waals surface area contributed by atoms with Gasteiger partial charge in [-0.1, -0.05) is 91.0 Å². The molecule has 1 aliphatic rings. The molecule has 2 heteroatoms. The highest BCUT2D eigenvalue weighted by atomic mass is 15.1. The molecule has 6 aromatic carbocycles. The first-order valence-corrected chi connectivity index (χ1v) is 13.3. The van der Waals surface area contributed by atoms with Gasteiger partial charge in [-0.2, -0.15) is 0 Å². The quantitative estimate of drug-likeness (QED) is 0.241. The summed E-state index contributed by atoms with van der Waals surface area (Å²) in [5.41, 5.74) is 11.2. The van der Waals surface area contributed by atoms with Crippen molar-refractivity contribution in [3.63, 3.8) is 0 Å². The van der Waals surface area contributed by atoms with E-state index in [0.29, 0.717) is 0 Å². The summed E-state index contributed by atoms with van der Waals surface area (Å²) >= 11 is 0. The van der Waals surface area contributed by atoms with Gasteiger partial charge in [-0.25, -0.2) is 0 Å². The van der Waals surface area contributed by atoms with E-state index < -0.39 is 0 Å². The van der Waals surface area contributed by atoms with Gasteiger partial charge < -0.3 is 4.90 Å². The Bertz CT molecular complexity index is 1980. The van der Waals surface area contributed by atoms with E-state index >= 15 is 0 Å². The molecule has 0 bridgehead atoms. The van der Waals surface area contributed by atoms with Crippen LogP contribution in [-0.4, -0.2) is 4.98 Å². The molecule has 0 spiro atoms. The van der Waals surface area contributed by atoms with E-state index in [-0.39, 0.29) is 0 Å². The molecule has 1 aromatic heterocycles. The van der Waals surface area contributed by atoms with E-state index in [9.17, 15) is 0 Å². The van der Waals surface area contributed by atoms with E-state index in [2.05, 4.69) is 143 Å². The van der Waals surface area contributed by atoms with Gasteiger partial charge in [0.05, 0.1) is 0 Å². The number of benzene rings is 6. The van der Waals surface area contributed by atoms with Gasteiger partial charge >= 0.3 is 0 Å². The monoisotopic (exact) mass is 496 g/mol. The maximum atomic E-state index is 4.28. The molecule has 7 aromatic rings. The van der Waals surface area contributed by atoms with Crippen molar-refractivity contribution < 1.29 is 0 Å². The summed E-state index contributed by atoms with van der Waals surface area (Å²) in [6.07, 6.45) is 3.77. The van der Waals surface area contributed by atoms with Crippen molar-refractivity contribution in [3.05, 3.63) is 146 Å². The Morgan fingerprint density at radius 1 is 0.436 bits per heavy atom. The molecule has 0 radical (unpaired) electrons. The van der Waals surface area contributed by atoms with Crippen molar-refractivity contribution in [1.82, 2.24) is 4.98 Å². The zero-order valence-corrected chi connectivity index (χ0v) is 21.3. The van der Waals surface area contributed by atoms with Crippen molar-refractivity contribution in [2.45, 2.75) is 0 Å². The number of fused-ring (bicyclic) bond motifs is 4. The van der Waals surface area contributed by atoms with E-state index in [1.807, 2.05) is 12.4 Å². The Labute approximate surface area is 227 Å². The molecule has 0 saturated carbocycles. The van der Waals surface area contributed by atoms with Crippen molar-refractivity contribution in [2.24, 2.45) is 0 Å². The molecule has 0 saturated heterocycles. The van der Waals surface area contributed by atoms with Gasteiger partial charge in [0.25, 0.3) is 0 Å². The second kappa shape index (κ2) is 8.68. The SMILES string of the molecule is c1ccc(N(c2ccc(-c3ccc4c5c(cccc35)-c3ccccc3-4)cc2)c2ccc3cnccc3c2)cc1. The molecule has 8 rings (SSSR count). The molecule has 0 N–H and O–H groups in total. The Kier molecular flexibility index (Phi) is 4.86. The summed E-state index contributed by atoms with van der Waals surface area (Å²) in [5.74, 6) is 0. The van der Waals surface area contributed by atoms with Crippen LogP contribution in [0.5, 0.6) is 0 Å². The third kappa shape index (κ3) is 3.46. The van der Waals surface area contributed by atoms with Crippen LogP contribution >= 0.6 is 0 Å². The van der Waals surface area contributed by atoms with Crippen LogP contribution in [0.25, 0.3) is 54.9 Å².